The number of fused-ring (bicyclic) bond motifs is 1. The average Bonchev–Trinajstić information content (AvgIpc) is 2.80. The fraction of sp³-hybridized carbons (Fsp3) is 0. The van der Waals surface area contributed by atoms with Crippen LogP contribution in [0.2, 0.25) is 10.0 Å². The molecular formula is C14H9Cl2FN2O2S. The number of primary sulfonamides is 1. The number of hydrogen-bond acceptors (Lipinski definition) is 2. The van der Waals surface area contributed by atoms with Crippen molar-refractivity contribution < 1.29 is 12.8 Å². The van der Waals surface area contributed by atoms with Crippen LogP contribution in [0.5, 0.6) is 0 Å². The van der Waals surface area contributed by atoms with Gasteiger partial charge in [0.15, 0.2) is 0 Å². The third-order valence-electron chi connectivity index (χ3n) is 3.26. The SMILES string of the molecule is NS(=O)(=O)c1cc(Cl)c(-c2c[nH]c3cc(F)ccc23)c(Cl)c1. The van der Waals surface area contributed by atoms with E-state index in [4.69, 9.17) is 28.3 Å². The Morgan fingerprint density at radius 1 is 1.09 bits per heavy atom. The smallest absolute Gasteiger partial charge is 0.238 e. The molecule has 0 unspecified atom stereocenters. The highest BCUT2D eigenvalue weighted by molar-refractivity contribution is 7.89. The monoisotopic (exact) mass is 358 g/mol. The molecule has 22 heavy (non-hydrogen) atoms. The number of benzene rings is 2. The van der Waals surface area contributed by atoms with Gasteiger partial charge in [0.05, 0.1) is 14.9 Å². The molecule has 0 aliphatic carbocycles. The first-order chi connectivity index (χ1) is 10.3. The number of halogens is 3. The van der Waals surface area contributed by atoms with Gasteiger partial charge in [-0.15, -0.1) is 0 Å². The zero-order valence-corrected chi connectivity index (χ0v) is 13.2. The van der Waals surface area contributed by atoms with E-state index in [1.807, 2.05) is 0 Å². The lowest BCUT2D eigenvalue weighted by Gasteiger charge is -2.08. The summed E-state index contributed by atoms with van der Waals surface area (Å²) in [6.45, 7) is 0. The van der Waals surface area contributed by atoms with Crippen LogP contribution in [0.4, 0.5) is 4.39 Å². The number of H-pyrrole nitrogens is 1. The number of aromatic amines is 1. The normalized spacial score (nSPS) is 12.0. The van der Waals surface area contributed by atoms with Crippen LogP contribution >= 0.6 is 23.2 Å². The highest BCUT2D eigenvalue weighted by atomic mass is 35.5. The summed E-state index contributed by atoms with van der Waals surface area (Å²) in [6.07, 6.45) is 1.63. The maximum absolute atomic E-state index is 13.2. The maximum Gasteiger partial charge on any atom is 0.238 e. The second-order valence-electron chi connectivity index (χ2n) is 4.70. The van der Waals surface area contributed by atoms with Crippen molar-refractivity contribution in [3.05, 3.63) is 52.4 Å². The first kappa shape index (κ1) is 15.3. The van der Waals surface area contributed by atoms with Gasteiger partial charge in [0.25, 0.3) is 0 Å². The first-order valence-electron chi connectivity index (χ1n) is 6.06. The Morgan fingerprint density at radius 3 is 2.32 bits per heavy atom. The van der Waals surface area contributed by atoms with Crippen molar-refractivity contribution in [1.29, 1.82) is 0 Å². The Labute approximate surface area is 135 Å². The van der Waals surface area contributed by atoms with Crippen LogP contribution in [0, 0.1) is 5.82 Å². The Bertz CT molecular complexity index is 976. The number of aromatic nitrogens is 1. The number of sulfonamides is 1. The zero-order chi connectivity index (χ0) is 16.1. The molecule has 0 bridgehead atoms. The number of rotatable bonds is 2. The first-order valence-corrected chi connectivity index (χ1v) is 8.36. The molecule has 0 radical (unpaired) electrons. The summed E-state index contributed by atoms with van der Waals surface area (Å²) < 4.78 is 36.0. The predicted molar refractivity (Wildman–Crippen MR) is 85.1 cm³/mol. The van der Waals surface area contributed by atoms with E-state index in [1.54, 1.807) is 12.3 Å². The summed E-state index contributed by atoms with van der Waals surface area (Å²) in [5.41, 5.74) is 1.68. The number of nitrogens with one attached hydrogen (secondary N) is 1. The number of hydrogen-bond donors (Lipinski definition) is 2. The summed E-state index contributed by atoms with van der Waals surface area (Å²) in [5, 5.41) is 6.07. The van der Waals surface area contributed by atoms with Crippen LogP contribution in [0.15, 0.2) is 41.4 Å². The molecule has 8 heteroatoms. The molecule has 114 valence electrons. The van der Waals surface area contributed by atoms with E-state index >= 15 is 0 Å². The van der Waals surface area contributed by atoms with Gasteiger partial charge in [-0.25, -0.2) is 17.9 Å². The van der Waals surface area contributed by atoms with Crippen molar-refractivity contribution in [1.82, 2.24) is 4.98 Å². The molecule has 0 fully saturated rings. The molecule has 4 nitrogen and oxygen atoms in total. The van der Waals surface area contributed by atoms with Crippen molar-refractivity contribution in [3.8, 4) is 11.1 Å². The fourth-order valence-corrected chi connectivity index (χ4v) is 3.66. The van der Waals surface area contributed by atoms with Gasteiger partial charge in [-0.05, 0) is 30.3 Å². The molecule has 0 aliphatic heterocycles. The molecule has 0 spiro atoms. The van der Waals surface area contributed by atoms with Gasteiger partial charge in [-0.1, -0.05) is 23.2 Å². The Hall–Kier alpha value is -1.60. The largest absolute Gasteiger partial charge is 0.360 e. The van der Waals surface area contributed by atoms with Crippen molar-refractivity contribution in [2.75, 3.05) is 0 Å². The average molecular weight is 359 g/mol. The van der Waals surface area contributed by atoms with E-state index < -0.39 is 10.0 Å². The minimum atomic E-state index is -3.91. The van der Waals surface area contributed by atoms with E-state index in [0.717, 1.165) is 0 Å². The molecule has 1 heterocycles. The molecule has 1 aromatic heterocycles. The van der Waals surface area contributed by atoms with Gasteiger partial charge in [-0.2, -0.15) is 0 Å². The predicted octanol–water partition coefficient (Wildman–Crippen LogP) is 3.93. The summed E-state index contributed by atoms with van der Waals surface area (Å²) in [5.74, 6) is -0.373. The third-order valence-corrected chi connectivity index (χ3v) is 4.75. The standard InChI is InChI=1S/C14H9Cl2FN2O2S/c15-11-4-8(22(18,20)21)5-12(16)14(11)10-6-19-13-3-7(17)1-2-9(10)13/h1-6,19H,(H2,18,20,21). The zero-order valence-electron chi connectivity index (χ0n) is 10.9. The van der Waals surface area contributed by atoms with Crippen molar-refractivity contribution in [2.24, 2.45) is 5.14 Å². The second kappa shape index (κ2) is 5.24. The lowest BCUT2D eigenvalue weighted by Crippen LogP contribution is -2.12. The van der Waals surface area contributed by atoms with Crippen LogP contribution in [0.3, 0.4) is 0 Å². The number of nitrogens with two attached hydrogens (primary N) is 1. The lowest BCUT2D eigenvalue weighted by atomic mass is 10.0. The molecule has 0 amide bonds. The molecular weight excluding hydrogens is 350 g/mol. The minimum absolute atomic E-state index is 0.141. The summed E-state index contributed by atoms with van der Waals surface area (Å²) in [7, 11) is -3.91. The summed E-state index contributed by atoms with van der Waals surface area (Å²) in [4.78, 5) is 2.76. The highest BCUT2D eigenvalue weighted by Gasteiger charge is 2.18. The maximum atomic E-state index is 13.2. The highest BCUT2D eigenvalue weighted by Crippen LogP contribution is 2.40. The van der Waals surface area contributed by atoms with Gasteiger partial charge >= 0.3 is 0 Å². The molecule has 2 aromatic carbocycles. The fourth-order valence-electron chi connectivity index (χ4n) is 2.28. The van der Waals surface area contributed by atoms with Crippen molar-refractivity contribution in [2.45, 2.75) is 4.90 Å². The Kier molecular flexibility index (Phi) is 3.65. The van der Waals surface area contributed by atoms with Crippen LogP contribution in [-0.4, -0.2) is 13.4 Å². The Balaban J connectivity index is 2.27. The van der Waals surface area contributed by atoms with E-state index in [1.165, 1.54) is 24.3 Å². The van der Waals surface area contributed by atoms with E-state index in [-0.39, 0.29) is 20.8 Å². The van der Waals surface area contributed by atoms with E-state index in [9.17, 15) is 12.8 Å². The van der Waals surface area contributed by atoms with Crippen molar-refractivity contribution in [3.63, 3.8) is 0 Å². The van der Waals surface area contributed by atoms with Crippen LogP contribution < -0.4 is 5.14 Å². The molecule has 3 N–H and O–H groups in total. The van der Waals surface area contributed by atoms with E-state index in [2.05, 4.69) is 4.98 Å². The third kappa shape index (κ3) is 2.59. The van der Waals surface area contributed by atoms with Gasteiger partial charge in [0.2, 0.25) is 10.0 Å². The van der Waals surface area contributed by atoms with Gasteiger partial charge in [0, 0.05) is 28.2 Å². The van der Waals surface area contributed by atoms with Crippen LogP contribution in [-0.2, 0) is 10.0 Å². The quantitative estimate of drug-likeness (QED) is 0.728. The van der Waals surface area contributed by atoms with Gasteiger partial charge in [0.1, 0.15) is 5.82 Å². The molecule has 0 saturated heterocycles. The summed E-state index contributed by atoms with van der Waals surface area (Å²) in [6, 6.07) is 6.73. The van der Waals surface area contributed by atoms with Gasteiger partial charge in [-0.3, -0.25) is 0 Å². The molecule has 3 rings (SSSR count). The summed E-state index contributed by atoms with van der Waals surface area (Å²) >= 11 is 12.3. The topological polar surface area (TPSA) is 76.0 Å². The van der Waals surface area contributed by atoms with E-state index in [0.29, 0.717) is 22.0 Å². The second-order valence-corrected chi connectivity index (χ2v) is 7.08. The minimum Gasteiger partial charge on any atom is -0.360 e. The molecule has 0 saturated carbocycles. The molecule has 3 aromatic rings. The van der Waals surface area contributed by atoms with Crippen molar-refractivity contribution >= 4 is 44.1 Å². The molecule has 0 aliphatic rings. The van der Waals surface area contributed by atoms with Crippen LogP contribution in [0.1, 0.15) is 0 Å². The van der Waals surface area contributed by atoms with Gasteiger partial charge < -0.3 is 4.98 Å². The molecule has 0 atom stereocenters. The lowest BCUT2D eigenvalue weighted by molar-refractivity contribution is 0.598. The Morgan fingerprint density at radius 2 is 1.73 bits per heavy atom. The van der Waals surface area contributed by atoms with Crippen LogP contribution in [0.25, 0.3) is 22.0 Å².